The van der Waals surface area contributed by atoms with Gasteiger partial charge < -0.3 is 15.4 Å². The average molecular weight is 336 g/mol. The number of urea groups is 1. The number of ether oxygens (including phenoxy) is 1. The van der Waals surface area contributed by atoms with Crippen LogP contribution in [0.2, 0.25) is 0 Å². The summed E-state index contributed by atoms with van der Waals surface area (Å²) in [6.07, 6.45) is 3.70. The summed E-state index contributed by atoms with van der Waals surface area (Å²) >= 11 is 1.45. The molecule has 2 rings (SSSR count). The largest absolute Gasteiger partial charge is 0.385 e. The number of hydrogen-bond donors (Lipinski definition) is 2. The highest BCUT2D eigenvalue weighted by molar-refractivity contribution is 7.98. The van der Waals surface area contributed by atoms with Gasteiger partial charge >= 0.3 is 6.03 Å². The molecule has 0 saturated carbocycles. The standard InChI is InChI=1S/C14H20N6O2S/c1-22-9-4-3-8-15-13(21)16-11-6-5-7-12(10-11)20-14(23-2)17-18-19-20/h5-7,10H,3-4,8-9H2,1-2H3,(H2,15,16,21). The minimum Gasteiger partial charge on any atom is -0.385 e. The highest BCUT2D eigenvalue weighted by atomic mass is 32.2. The summed E-state index contributed by atoms with van der Waals surface area (Å²) in [5.41, 5.74) is 1.47. The summed E-state index contributed by atoms with van der Waals surface area (Å²) in [5, 5.41) is 17.8. The Labute approximate surface area is 139 Å². The second-order valence-corrected chi connectivity index (χ2v) is 5.48. The lowest BCUT2D eigenvalue weighted by Crippen LogP contribution is -2.29. The maximum Gasteiger partial charge on any atom is 0.319 e. The second-order valence-electron chi connectivity index (χ2n) is 4.71. The van der Waals surface area contributed by atoms with Gasteiger partial charge in [-0.15, -0.1) is 5.10 Å². The van der Waals surface area contributed by atoms with E-state index in [0.29, 0.717) is 24.0 Å². The number of rotatable bonds is 8. The molecule has 0 radical (unpaired) electrons. The van der Waals surface area contributed by atoms with E-state index in [1.54, 1.807) is 11.8 Å². The Morgan fingerprint density at radius 1 is 1.39 bits per heavy atom. The Balaban J connectivity index is 1.91. The van der Waals surface area contributed by atoms with E-state index < -0.39 is 0 Å². The normalized spacial score (nSPS) is 10.5. The van der Waals surface area contributed by atoms with Crippen LogP contribution in [0.15, 0.2) is 29.4 Å². The number of carbonyl (C=O) groups excluding carboxylic acids is 1. The first-order valence-corrected chi connectivity index (χ1v) is 8.43. The zero-order valence-corrected chi connectivity index (χ0v) is 14.0. The van der Waals surface area contributed by atoms with Crippen LogP contribution in [0.25, 0.3) is 5.69 Å². The monoisotopic (exact) mass is 336 g/mol. The maximum atomic E-state index is 11.9. The van der Waals surface area contributed by atoms with Crippen LogP contribution in [-0.4, -0.2) is 52.8 Å². The van der Waals surface area contributed by atoms with Gasteiger partial charge in [-0.1, -0.05) is 17.8 Å². The molecule has 2 amide bonds. The van der Waals surface area contributed by atoms with Gasteiger partial charge in [-0.05, 0) is 47.7 Å². The molecule has 1 aromatic heterocycles. The van der Waals surface area contributed by atoms with Gasteiger partial charge in [-0.2, -0.15) is 4.68 Å². The molecule has 1 heterocycles. The summed E-state index contributed by atoms with van der Waals surface area (Å²) in [4.78, 5) is 11.9. The average Bonchev–Trinajstić information content (AvgIpc) is 3.03. The first kappa shape index (κ1) is 17.2. The number of benzene rings is 1. The van der Waals surface area contributed by atoms with Crippen LogP contribution in [0.4, 0.5) is 10.5 Å². The van der Waals surface area contributed by atoms with Crippen LogP contribution in [0.1, 0.15) is 12.8 Å². The molecule has 2 N–H and O–H groups in total. The summed E-state index contributed by atoms with van der Waals surface area (Å²) in [7, 11) is 1.67. The number of unbranched alkanes of at least 4 members (excludes halogenated alkanes) is 1. The van der Waals surface area contributed by atoms with Gasteiger partial charge in [0, 0.05) is 25.9 Å². The van der Waals surface area contributed by atoms with E-state index in [4.69, 9.17) is 4.74 Å². The highest BCUT2D eigenvalue weighted by Crippen LogP contribution is 2.18. The number of aromatic nitrogens is 4. The molecule has 0 aliphatic carbocycles. The second kappa shape index (κ2) is 9.11. The molecule has 9 heteroatoms. The molecular weight excluding hydrogens is 316 g/mol. The lowest BCUT2D eigenvalue weighted by atomic mass is 10.3. The first-order valence-electron chi connectivity index (χ1n) is 7.21. The fraction of sp³-hybridized carbons (Fsp3) is 0.429. The molecule has 0 saturated heterocycles. The van der Waals surface area contributed by atoms with Gasteiger partial charge in [0.2, 0.25) is 5.16 Å². The number of amides is 2. The Morgan fingerprint density at radius 3 is 3.04 bits per heavy atom. The van der Waals surface area contributed by atoms with Gasteiger partial charge in [0.15, 0.2) is 0 Å². The fourth-order valence-electron chi connectivity index (χ4n) is 1.93. The Kier molecular flexibility index (Phi) is 6.82. The molecule has 0 unspecified atom stereocenters. The van der Waals surface area contributed by atoms with Crippen LogP contribution in [0, 0.1) is 0 Å². The van der Waals surface area contributed by atoms with E-state index in [-0.39, 0.29) is 6.03 Å². The minimum absolute atomic E-state index is 0.235. The van der Waals surface area contributed by atoms with E-state index in [1.807, 2.05) is 30.5 Å². The molecule has 1 aromatic carbocycles. The van der Waals surface area contributed by atoms with Gasteiger partial charge in [-0.25, -0.2) is 4.79 Å². The summed E-state index contributed by atoms with van der Waals surface area (Å²) in [6.45, 7) is 1.31. The van der Waals surface area contributed by atoms with Crippen molar-refractivity contribution in [3.05, 3.63) is 24.3 Å². The van der Waals surface area contributed by atoms with Crippen molar-refractivity contribution in [1.29, 1.82) is 0 Å². The zero-order valence-electron chi connectivity index (χ0n) is 13.2. The molecule has 23 heavy (non-hydrogen) atoms. The van der Waals surface area contributed by atoms with E-state index in [1.165, 1.54) is 11.8 Å². The third-order valence-corrected chi connectivity index (χ3v) is 3.65. The lowest BCUT2D eigenvalue weighted by molar-refractivity contribution is 0.192. The van der Waals surface area contributed by atoms with E-state index in [9.17, 15) is 4.79 Å². The number of thioether (sulfide) groups is 1. The van der Waals surface area contributed by atoms with Crippen molar-refractivity contribution >= 4 is 23.5 Å². The summed E-state index contributed by atoms with van der Waals surface area (Å²) in [5.74, 6) is 0. The van der Waals surface area contributed by atoms with Crippen molar-refractivity contribution in [1.82, 2.24) is 25.5 Å². The number of anilines is 1. The van der Waals surface area contributed by atoms with Crippen molar-refractivity contribution in [3.63, 3.8) is 0 Å². The third kappa shape index (κ3) is 5.22. The van der Waals surface area contributed by atoms with Crippen LogP contribution >= 0.6 is 11.8 Å². The molecular formula is C14H20N6O2S. The first-order chi connectivity index (χ1) is 11.2. The lowest BCUT2D eigenvalue weighted by Gasteiger charge is -2.09. The summed E-state index contributed by atoms with van der Waals surface area (Å²) < 4.78 is 6.59. The number of hydrogen-bond acceptors (Lipinski definition) is 6. The molecule has 2 aromatic rings. The van der Waals surface area contributed by atoms with E-state index in [2.05, 4.69) is 26.2 Å². The number of tetrazole rings is 1. The minimum atomic E-state index is -0.235. The van der Waals surface area contributed by atoms with Gasteiger partial charge in [0.05, 0.1) is 5.69 Å². The molecule has 0 spiro atoms. The Bertz CT molecular complexity index is 633. The zero-order chi connectivity index (χ0) is 16.5. The van der Waals surface area contributed by atoms with Crippen LogP contribution in [-0.2, 0) is 4.74 Å². The van der Waals surface area contributed by atoms with Crippen LogP contribution in [0.5, 0.6) is 0 Å². The molecule has 8 nitrogen and oxygen atoms in total. The van der Waals surface area contributed by atoms with Gasteiger partial charge in [0.25, 0.3) is 0 Å². The molecule has 0 atom stereocenters. The number of nitrogens with zero attached hydrogens (tertiary/aromatic N) is 4. The van der Waals surface area contributed by atoms with E-state index in [0.717, 1.165) is 18.5 Å². The predicted octanol–water partition coefficient (Wildman–Crippen LogP) is 1.93. The predicted molar refractivity (Wildman–Crippen MR) is 89.1 cm³/mol. The number of carbonyl (C=O) groups is 1. The molecule has 124 valence electrons. The topological polar surface area (TPSA) is 94.0 Å². The highest BCUT2D eigenvalue weighted by Gasteiger charge is 2.08. The smallest absolute Gasteiger partial charge is 0.319 e. The maximum absolute atomic E-state index is 11.9. The quantitative estimate of drug-likeness (QED) is 0.565. The molecule has 0 fully saturated rings. The van der Waals surface area contributed by atoms with Gasteiger partial charge in [0.1, 0.15) is 0 Å². The molecule has 0 aliphatic heterocycles. The van der Waals surface area contributed by atoms with Crippen LogP contribution in [0.3, 0.4) is 0 Å². The number of methoxy groups -OCH3 is 1. The van der Waals surface area contributed by atoms with Crippen molar-refractivity contribution in [2.75, 3.05) is 31.8 Å². The SMILES string of the molecule is COCCCCNC(=O)Nc1cccc(-n2nnnc2SC)c1. The Hall–Kier alpha value is -2.13. The number of nitrogens with one attached hydrogen (secondary N) is 2. The summed E-state index contributed by atoms with van der Waals surface area (Å²) in [6, 6.07) is 7.12. The fourth-order valence-corrected chi connectivity index (χ4v) is 2.37. The third-order valence-electron chi connectivity index (χ3n) is 3.03. The van der Waals surface area contributed by atoms with E-state index >= 15 is 0 Å². The molecule has 0 aliphatic rings. The van der Waals surface area contributed by atoms with Crippen molar-refractivity contribution in [2.45, 2.75) is 18.0 Å². The van der Waals surface area contributed by atoms with Gasteiger partial charge in [-0.3, -0.25) is 0 Å². The van der Waals surface area contributed by atoms with Crippen molar-refractivity contribution in [3.8, 4) is 5.69 Å². The van der Waals surface area contributed by atoms with Crippen molar-refractivity contribution < 1.29 is 9.53 Å². The van der Waals surface area contributed by atoms with Crippen molar-refractivity contribution in [2.24, 2.45) is 0 Å². The van der Waals surface area contributed by atoms with Crippen LogP contribution < -0.4 is 10.6 Å². The molecule has 0 bridgehead atoms. The Morgan fingerprint density at radius 2 is 2.26 bits per heavy atom.